The molecule has 5 heteroatoms. The molecule has 3 N–H and O–H groups in total. The fourth-order valence-electron chi connectivity index (χ4n) is 2.01. The molecule has 0 spiro atoms. The number of rotatable bonds is 4. The summed E-state index contributed by atoms with van der Waals surface area (Å²) in [6, 6.07) is 5.33. The second-order valence-electron chi connectivity index (χ2n) is 4.74. The number of hydrogen-bond donors (Lipinski definition) is 2. The lowest BCUT2D eigenvalue weighted by Crippen LogP contribution is -2.54. The number of ether oxygens (including phenoxy) is 1. The molecule has 1 aromatic rings. The van der Waals surface area contributed by atoms with E-state index in [4.69, 9.17) is 10.5 Å². The highest BCUT2D eigenvalue weighted by molar-refractivity contribution is 9.10. The molecule has 18 heavy (non-hydrogen) atoms. The Morgan fingerprint density at radius 3 is 2.83 bits per heavy atom. The molecule has 4 nitrogen and oxygen atoms in total. The van der Waals surface area contributed by atoms with Crippen molar-refractivity contribution in [2.45, 2.75) is 24.8 Å². The first kappa shape index (κ1) is 13.4. The van der Waals surface area contributed by atoms with Gasteiger partial charge in [-0.1, -0.05) is 15.9 Å². The van der Waals surface area contributed by atoms with Crippen molar-refractivity contribution >= 4 is 21.8 Å². The lowest BCUT2D eigenvalue weighted by molar-refractivity contribution is 0.0926. The maximum absolute atomic E-state index is 12.1. The first-order valence-corrected chi connectivity index (χ1v) is 6.74. The van der Waals surface area contributed by atoms with Crippen LogP contribution in [0.1, 0.15) is 29.6 Å². The van der Waals surface area contributed by atoms with Gasteiger partial charge in [0.1, 0.15) is 5.75 Å². The van der Waals surface area contributed by atoms with Crippen LogP contribution in [0.4, 0.5) is 0 Å². The van der Waals surface area contributed by atoms with E-state index in [9.17, 15) is 4.79 Å². The largest absolute Gasteiger partial charge is 0.496 e. The van der Waals surface area contributed by atoms with Crippen molar-refractivity contribution in [1.29, 1.82) is 0 Å². The van der Waals surface area contributed by atoms with Gasteiger partial charge in [-0.3, -0.25) is 4.79 Å². The van der Waals surface area contributed by atoms with Crippen LogP contribution in [0, 0.1) is 0 Å². The second-order valence-corrected chi connectivity index (χ2v) is 5.66. The van der Waals surface area contributed by atoms with E-state index >= 15 is 0 Å². The Balaban J connectivity index is 2.04. The zero-order valence-electron chi connectivity index (χ0n) is 10.3. The van der Waals surface area contributed by atoms with E-state index in [-0.39, 0.29) is 11.4 Å². The van der Waals surface area contributed by atoms with Gasteiger partial charge in [0.05, 0.1) is 12.7 Å². The van der Waals surface area contributed by atoms with E-state index in [2.05, 4.69) is 21.2 Å². The van der Waals surface area contributed by atoms with E-state index in [1.807, 2.05) is 6.07 Å². The first-order valence-electron chi connectivity index (χ1n) is 5.95. The summed E-state index contributed by atoms with van der Waals surface area (Å²) >= 11 is 3.35. The summed E-state index contributed by atoms with van der Waals surface area (Å²) in [4.78, 5) is 12.1. The third kappa shape index (κ3) is 2.84. The van der Waals surface area contributed by atoms with Crippen LogP contribution < -0.4 is 15.8 Å². The maximum Gasteiger partial charge on any atom is 0.255 e. The van der Waals surface area contributed by atoms with Gasteiger partial charge < -0.3 is 15.8 Å². The number of nitrogens with two attached hydrogens (primary N) is 1. The highest BCUT2D eigenvalue weighted by atomic mass is 79.9. The lowest BCUT2D eigenvalue weighted by Gasteiger charge is -2.38. The summed E-state index contributed by atoms with van der Waals surface area (Å²) in [5.74, 6) is 0.414. The molecule has 0 saturated heterocycles. The van der Waals surface area contributed by atoms with Crippen molar-refractivity contribution in [1.82, 2.24) is 5.32 Å². The molecule has 1 amide bonds. The van der Waals surface area contributed by atoms with Gasteiger partial charge in [-0.05, 0) is 37.5 Å². The van der Waals surface area contributed by atoms with Crippen LogP contribution >= 0.6 is 15.9 Å². The number of carbonyl (C=O) groups excluding carboxylic acids is 1. The average Bonchev–Trinajstić information content (AvgIpc) is 2.33. The van der Waals surface area contributed by atoms with Gasteiger partial charge in [-0.2, -0.15) is 0 Å². The third-order valence-corrected chi connectivity index (χ3v) is 3.85. The monoisotopic (exact) mass is 312 g/mol. The summed E-state index contributed by atoms with van der Waals surface area (Å²) in [5.41, 5.74) is 6.39. The smallest absolute Gasteiger partial charge is 0.255 e. The highest BCUT2D eigenvalue weighted by Gasteiger charge is 2.32. The maximum atomic E-state index is 12.1. The highest BCUT2D eigenvalue weighted by Crippen LogP contribution is 2.28. The van der Waals surface area contributed by atoms with E-state index in [0.717, 1.165) is 23.7 Å². The van der Waals surface area contributed by atoms with Crippen LogP contribution in [0.25, 0.3) is 0 Å². The Labute approximate surface area is 115 Å². The van der Waals surface area contributed by atoms with Crippen molar-refractivity contribution in [2.24, 2.45) is 5.73 Å². The predicted molar refractivity (Wildman–Crippen MR) is 73.8 cm³/mol. The van der Waals surface area contributed by atoms with Crippen molar-refractivity contribution in [3.8, 4) is 5.75 Å². The Morgan fingerprint density at radius 2 is 2.28 bits per heavy atom. The molecule has 1 saturated carbocycles. The molecule has 1 fully saturated rings. The predicted octanol–water partition coefficient (Wildman–Crippen LogP) is 2.07. The minimum atomic E-state index is -0.210. The lowest BCUT2D eigenvalue weighted by atomic mass is 9.78. The Hall–Kier alpha value is -1.07. The molecule has 0 aliphatic heterocycles. The topological polar surface area (TPSA) is 64.3 Å². The number of amides is 1. The molecule has 0 atom stereocenters. The Kier molecular flexibility index (Phi) is 3.92. The van der Waals surface area contributed by atoms with Crippen molar-refractivity contribution < 1.29 is 9.53 Å². The Morgan fingerprint density at radius 1 is 1.56 bits per heavy atom. The van der Waals surface area contributed by atoms with E-state index in [1.54, 1.807) is 19.2 Å². The molecule has 0 heterocycles. The number of nitrogens with one attached hydrogen (secondary N) is 1. The third-order valence-electron chi connectivity index (χ3n) is 3.36. The molecular weight excluding hydrogens is 296 g/mol. The normalized spacial score (nSPS) is 16.8. The number of halogens is 1. The SMILES string of the molecule is COc1cc(Br)ccc1C(=O)NCC1(N)CCC1. The average molecular weight is 313 g/mol. The van der Waals surface area contributed by atoms with Gasteiger partial charge in [-0.25, -0.2) is 0 Å². The van der Waals surface area contributed by atoms with Crippen LogP contribution in [0.3, 0.4) is 0 Å². The van der Waals surface area contributed by atoms with Crippen LogP contribution in [-0.4, -0.2) is 25.1 Å². The fraction of sp³-hybridized carbons (Fsp3) is 0.462. The summed E-state index contributed by atoms with van der Waals surface area (Å²) in [6.07, 6.45) is 3.10. The van der Waals surface area contributed by atoms with Gasteiger partial charge in [0, 0.05) is 16.6 Å². The van der Waals surface area contributed by atoms with Crippen LogP contribution in [0.2, 0.25) is 0 Å². The minimum absolute atomic E-state index is 0.143. The van der Waals surface area contributed by atoms with Gasteiger partial charge in [0.15, 0.2) is 0 Å². The summed E-state index contributed by atoms with van der Waals surface area (Å²) in [5, 5.41) is 2.88. The van der Waals surface area contributed by atoms with Crippen LogP contribution in [0.5, 0.6) is 5.75 Å². The van der Waals surface area contributed by atoms with E-state index in [1.165, 1.54) is 0 Å². The van der Waals surface area contributed by atoms with Gasteiger partial charge in [0.2, 0.25) is 0 Å². The summed E-state index contributed by atoms with van der Waals surface area (Å²) < 4.78 is 6.08. The molecule has 0 radical (unpaired) electrons. The van der Waals surface area contributed by atoms with Crippen molar-refractivity contribution in [3.63, 3.8) is 0 Å². The number of hydrogen-bond acceptors (Lipinski definition) is 3. The molecule has 0 bridgehead atoms. The number of benzene rings is 1. The summed E-state index contributed by atoms with van der Waals surface area (Å²) in [6.45, 7) is 0.519. The molecule has 1 aliphatic carbocycles. The van der Waals surface area contributed by atoms with Gasteiger partial charge in [0.25, 0.3) is 5.91 Å². The standard InChI is InChI=1S/C13H17BrN2O2/c1-18-11-7-9(14)3-4-10(11)12(17)16-8-13(15)5-2-6-13/h3-4,7H,2,5-6,8,15H2,1H3,(H,16,17). The molecule has 1 aliphatic rings. The number of carbonyl (C=O) groups is 1. The quantitative estimate of drug-likeness (QED) is 0.894. The molecular formula is C13H17BrN2O2. The zero-order chi connectivity index (χ0) is 13.2. The summed E-state index contributed by atoms with van der Waals surface area (Å²) in [7, 11) is 1.55. The van der Waals surface area contributed by atoms with E-state index < -0.39 is 0 Å². The van der Waals surface area contributed by atoms with E-state index in [0.29, 0.717) is 17.9 Å². The zero-order valence-corrected chi connectivity index (χ0v) is 11.9. The van der Waals surface area contributed by atoms with Gasteiger partial charge >= 0.3 is 0 Å². The van der Waals surface area contributed by atoms with Crippen LogP contribution in [-0.2, 0) is 0 Å². The molecule has 0 aromatic heterocycles. The second kappa shape index (κ2) is 5.28. The minimum Gasteiger partial charge on any atom is -0.496 e. The van der Waals surface area contributed by atoms with Crippen LogP contribution in [0.15, 0.2) is 22.7 Å². The number of methoxy groups -OCH3 is 1. The Bertz CT molecular complexity index is 458. The fourth-order valence-corrected chi connectivity index (χ4v) is 2.35. The van der Waals surface area contributed by atoms with Crippen molar-refractivity contribution in [3.05, 3.63) is 28.2 Å². The molecule has 98 valence electrons. The van der Waals surface area contributed by atoms with Gasteiger partial charge in [-0.15, -0.1) is 0 Å². The first-order chi connectivity index (χ1) is 8.54. The molecule has 0 unspecified atom stereocenters. The molecule has 1 aromatic carbocycles. The van der Waals surface area contributed by atoms with Crippen molar-refractivity contribution in [2.75, 3.05) is 13.7 Å². The molecule has 2 rings (SSSR count).